The Balaban J connectivity index is 1.57. The van der Waals surface area contributed by atoms with Crippen LogP contribution in [-0.4, -0.2) is 39.1 Å². The molecule has 1 atom stereocenters. The third-order valence-corrected chi connectivity index (χ3v) is 4.75. The molecule has 4 rings (SSSR count). The van der Waals surface area contributed by atoms with Crippen LogP contribution in [0.5, 0.6) is 0 Å². The Morgan fingerprint density at radius 2 is 2.22 bits per heavy atom. The van der Waals surface area contributed by atoms with Gasteiger partial charge >= 0.3 is 0 Å². The fourth-order valence-electron chi connectivity index (χ4n) is 3.53. The first-order valence-corrected chi connectivity index (χ1v) is 8.09. The lowest BCUT2D eigenvalue weighted by atomic mass is 9.93. The molecular weight excluding hydrogens is 288 g/mol. The Morgan fingerprint density at radius 3 is 3.00 bits per heavy atom. The standard InChI is InChI=1S/C18H20N4O/c1-12-10-19-21-17(12)14-6-4-8-22(11-14)18(23)16-9-13-5-2-3-7-15(13)20-16/h2-3,5,7,9-10,14,20H,4,6,8,11H2,1H3,(H,19,21). The molecule has 118 valence electrons. The molecule has 1 aliphatic heterocycles. The van der Waals surface area contributed by atoms with Crippen molar-refractivity contribution >= 4 is 16.8 Å². The number of carbonyl (C=O) groups excluding carboxylic acids is 1. The molecule has 1 saturated heterocycles. The summed E-state index contributed by atoms with van der Waals surface area (Å²) in [6.45, 7) is 3.63. The highest BCUT2D eigenvalue weighted by Gasteiger charge is 2.27. The van der Waals surface area contributed by atoms with Crippen LogP contribution in [0, 0.1) is 6.92 Å². The summed E-state index contributed by atoms with van der Waals surface area (Å²) in [6.07, 6.45) is 3.97. The number of benzene rings is 1. The number of rotatable bonds is 2. The Bertz CT molecular complexity index is 814. The Labute approximate surface area is 134 Å². The fourth-order valence-corrected chi connectivity index (χ4v) is 3.53. The van der Waals surface area contributed by atoms with Crippen LogP contribution in [0.1, 0.15) is 40.5 Å². The van der Waals surface area contributed by atoms with Gasteiger partial charge in [0.2, 0.25) is 0 Å². The molecule has 1 aromatic carbocycles. The molecule has 0 saturated carbocycles. The van der Waals surface area contributed by atoms with E-state index in [1.165, 1.54) is 11.3 Å². The minimum atomic E-state index is 0.0862. The third kappa shape index (κ3) is 2.52. The summed E-state index contributed by atoms with van der Waals surface area (Å²) in [5.41, 5.74) is 4.02. The lowest BCUT2D eigenvalue weighted by molar-refractivity contribution is 0.0700. The van der Waals surface area contributed by atoms with Gasteiger partial charge in [0, 0.05) is 35.6 Å². The van der Waals surface area contributed by atoms with Crippen LogP contribution in [0.15, 0.2) is 36.5 Å². The van der Waals surface area contributed by atoms with Gasteiger partial charge in [0.15, 0.2) is 0 Å². The highest BCUT2D eigenvalue weighted by Crippen LogP contribution is 2.28. The molecule has 3 heterocycles. The van der Waals surface area contributed by atoms with Crippen molar-refractivity contribution in [3.63, 3.8) is 0 Å². The molecule has 2 aromatic heterocycles. The highest BCUT2D eigenvalue weighted by molar-refractivity contribution is 5.98. The Morgan fingerprint density at radius 1 is 1.35 bits per heavy atom. The highest BCUT2D eigenvalue weighted by atomic mass is 16.2. The normalized spacial score (nSPS) is 18.5. The van der Waals surface area contributed by atoms with Crippen molar-refractivity contribution in [2.24, 2.45) is 0 Å². The van der Waals surface area contributed by atoms with Crippen LogP contribution in [-0.2, 0) is 0 Å². The first-order chi connectivity index (χ1) is 11.2. The minimum Gasteiger partial charge on any atom is -0.351 e. The van der Waals surface area contributed by atoms with Crippen LogP contribution in [0.2, 0.25) is 0 Å². The zero-order valence-electron chi connectivity index (χ0n) is 13.2. The average Bonchev–Trinajstić information content (AvgIpc) is 3.20. The number of aromatic nitrogens is 3. The van der Waals surface area contributed by atoms with E-state index in [0.29, 0.717) is 11.6 Å². The average molecular weight is 308 g/mol. The van der Waals surface area contributed by atoms with Gasteiger partial charge in [-0.2, -0.15) is 5.10 Å². The number of H-pyrrole nitrogens is 2. The molecule has 0 radical (unpaired) electrons. The molecule has 0 bridgehead atoms. The number of nitrogens with one attached hydrogen (secondary N) is 2. The second-order valence-corrected chi connectivity index (χ2v) is 6.33. The van der Waals surface area contributed by atoms with Crippen molar-refractivity contribution in [3.05, 3.63) is 53.5 Å². The Hall–Kier alpha value is -2.56. The third-order valence-electron chi connectivity index (χ3n) is 4.75. The fraction of sp³-hybridized carbons (Fsp3) is 0.333. The molecule has 23 heavy (non-hydrogen) atoms. The smallest absolute Gasteiger partial charge is 0.270 e. The zero-order chi connectivity index (χ0) is 15.8. The molecule has 1 fully saturated rings. The van der Waals surface area contributed by atoms with Gasteiger partial charge in [0.1, 0.15) is 5.69 Å². The van der Waals surface area contributed by atoms with Gasteiger partial charge in [0.05, 0.1) is 6.20 Å². The maximum atomic E-state index is 12.8. The molecule has 1 unspecified atom stereocenters. The lowest BCUT2D eigenvalue weighted by Gasteiger charge is -2.32. The van der Waals surface area contributed by atoms with E-state index >= 15 is 0 Å². The van der Waals surface area contributed by atoms with Crippen molar-refractivity contribution in [1.29, 1.82) is 0 Å². The van der Waals surface area contributed by atoms with Crippen molar-refractivity contribution in [1.82, 2.24) is 20.1 Å². The summed E-state index contributed by atoms with van der Waals surface area (Å²) in [5, 5.41) is 8.30. The van der Waals surface area contributed by atoms with Crippen LogP contribution in [0.4, 0.5) is 0 Å². The van der Waals surface area contributed by atoms with Crippen molar-refractivity contribution < 1.29 is 4.79 Å². The van der Waals surface area contributed by atoms with Crippen LogP contribution in [0.25, 0.3) is 10.9 Å². The maximum Gasteiger partial charge on any atom is 0.270 e. The lowest BCUT2D eigenvalue weighted by Crippen LogP contribution is -2.39. The minimum absolute atomic E-state index is 0.0862. The van der Waals surface area contributed by atoms with E-state index in [0.717, 1.165) is 36.8 Å². The summed E-state index contributed by atoms with van der Waals surface area (Å²) in [4.78, 5) is 18.0. The number of nitrogens with zero attached hydrogens (tertiary/aromatic N) is 2. The zero-order valence-corrected chi connectivity index (χ0v) is 13.2. The summed E-state index contributed by atoms with van der Waals surface area (Å²) >= 11 is 0. The molecule has 0 aliphatic carbocycles. The van der Waals surface area contributed by atoms with Gasteiger partial charge in [-0.15, -0.1) is 0 Å². The number of amides is 1. The number of fused-ring (bicyclic) bond motifs is 1. The number of para-hydroxylation sites is 1. The predicted molar refractivity (Wildman–Crippen MR) is 89.5 cm³/mol. The number of carbonyl (C=O) groups is 1. The number of piperidine rings is 1. The topological polar surface area (TPSA) is 64.8 Å². The molecule has 3 aromatic rings. The largest absolute Gasteiger partial charge is 0.351 e. The number of hydrogen-bond acceptors (Lipinski definition) is 2. The number of aryl methyl sites for hydroxylation is 1. The monoisotopic (exact) mass is 308 g/mol. The molecule has 0 spiro atoms. The van der Waals surface area contributed by atoms with Gasteiger partial charge < -0.3 is 9.88 Å². The second kappa shape index (κ2) is 5.57. The molecule has 1 aliphatic rings. The number of hydrogen-bond donors (Lipinski definition) is 2. The molecule has 5 nitrogen and oxygen atoms in total. The Kier molecular flexibility index (Phi) is 3.41. The van der Waals surface area contributed by atoms with E-state index in [2.05, 4.69) is 22.1 Å². The van der Waals surface area contributed by atoms with Gasteiger partial charge in [0.25, 0.3) is 5.91 Å². The molecule has 2 N–H and O–H groups in total. The predicted octanol–water partition coefficient (Wildman–Crippen LogP) is 3.22. The quantitative estimate of drug-likeness (QED) is 0.763. The second-order valence-electron chi connectivity index (χ2n) is 6.33. The number of aromatic amines is 2. The van der Waals surface area contributed by atoms with Crippen molar-refractivity contribution in [2.75, 3.05) is 13.1 Å². The summed E-state index contributed by atoms with van der Waals surface area (Å²) < 4.78 is 0. The maximum absolute atomic E-state index is 12.8. The van der Waals surface area contributed by atoms with Crippen LogP contribution < -0.4 is 0 Å². The summed E-state index contributed by atoms with van der Waals surface area (Å²) in [6, 6.07) is 9.94. The van der Waals surface area contributed by atoms with Gasteiger partial charge in [-0.05, 0) is 37.5 Å². The SMILES string of the molecule is Cc1cn[nH]c1C1CCCN(C(=O)c2cc3ccccc3[nH]2)C1. The van der Waals surface area contributed by atoms with E-state index in [1.54, 1.807) is 0 Å². The van der Waals surface area contributed by atoms with Crippen molar-refractivity contribution in [2.45, 2.75) is 25.7 Å². The van der Waals surface area contributed by atoms with Crippen LogP contribution in [0.3, 0.4) is 0 Å². The van der Waals surface area contributed by atoms with E-state index in [-0.39, 0.29) is 5.91 Å². The van der Waals surface area contributed by atoms with E-state index in [9.17, 15) is 4.79 Å². The van der Waals surface area contributed by atoms with Crippen LogP contribution >= 0.6 is 0 Å². The van der Waals surface area contributed by atoms with Gasteiger partial charge in [-0.3, -0.25) is 9.89 Å². The van der Waals surface area contributed by atoms with Gasteiger partial charge in [-0.1, -0.05) is 18.2 Å². The summed E-state index contributed by atoms with van der Waals surface area (Å²) in [5.74, 6) is 0.433. The van der Waals surface area contributed by atoms with E-state index in [4.69, 9.17) is 0 Å². The van der Waals surface area contributed by atoms with E-state index in [1.807, 2.05) is 41.4 Å². The van der Waals surface area contributed by atoms with Gasteiger partial charge in [-0.25, -0.2) is 0 Å². The van der Waals surface area contributed by atoms with E-state index < -0.39 is 0 Å². The molecule has 1 amide bonds. The summed E-state index contributed by atoms with van der Waals surface area (Å²) in [7, 11) is 0. The number of likely N-dealkylation sites (tertiary alicyclic amines) is 1. The first-order valence-electron chi connectivity index (χ1n) is 8.09. The van der Waals surface area contributed by atoms with Crippen molar-refractivity contribution in [3.8, 4) is 0 Å². The molecular formula is C18H20N4O. The first kappa shape index (κ1) is 14.1. The molecule has 5 heteroatoms.